The van der Waals surface area contributed by atoms with Crippen molar-refractivity contribution < 1.29 is 14.4 Å². The average molecular weight is 319 g/mol. The second-order valence-electron chi connectivity index (χ2n) is 5.12. The van der Waals surface area contributed by atoms with E-state index < -0.39 is 0 Å². The Balaban J connectivity index is 1.92. The summed E-state index contributed by atoms with van der Waals surface area (Å²) in [7, 11) is 0. The topological polar surface area (TPSA) is 55.7 Å². The van der Waals surface area contributed by atoms with Crippen molar-refractivity contribution in [1.82, 2.24) is 4.98 Å². The first-order valence-corrected chi connectivity index (χ1v) is 7.29. The Bertz CT molecular complexity index is 489. The van der Waals surface area contributed by atoms with Gasteiger partial charge < -0.3 is 15.0 Å². The van der Waals surface area contributed by atoms with Crippen molar-refractivity contribution in [1.29, 1.82) is 0 Å². The van der Waals surface area contributed by atoms with Crippen molar-refractivity contribution in [3.8, 4) is 0 Å². The number of pyridine rings is 1. The van der Waals surface area contributed by atoms with Crippen LogP contribution in [0.5, 0.6) is 0 Å². The lowest BCUT2D eigenvalue weighted by Crippen LogP contribution is -3.16. The number of nitrogens with one attached hydrogen (secondary N) is 2. The minimum Gasteiger partial charge on any atom is -0.364 e. The third-order valence-electron chi connectivity index (χ3n) is 3.09. The molecule has 0 spiro atoms. The fourth-order valence-electron chi connectivity index (χ4n) is 2.44. The second kappa shape index (κ2) is 6.72. The molecular weight excluding hydrogens is 301 g/mol. The zero-order chi connectivity index (χ0) is 14.7. The normalized spacial score (nSPS) is 26.3. The highest BCUT2D eigenvalue weighted by atomic mass is 35.5. The maximum Gasteiger partial charge on any atom is 0.280 e. The lowest BCUT2D eigenvalue weighted by Gasteiger charge is -2.31. The Labute approximate surface area is 128 Å². The van der Waals surface area contributed by atoms with Crippen LogP contribution in [0.15, 0.2) is 12.3 Å². The van der Waals surface area contributed by atoms with Gasteiger partial charge in [-0.15, -0.1) is 0 Å². The van der Waals surface area contributed by atoms with Gasteiger partial charge in [0.2, 0.25) is 0 Å². The van der Waals surface area contributed by atoms with E-state index in [0.29, 0.717) is 22.4 Å². The van der Waals surface area contributed by atoms with Gasteiger partial charge in [0.25, 0.3) is 5.91 Å². The summed E-state index contributed by atoms with van der Waals surface area (Å²) in [5.41, 5.74) is 0. The SMILES string of the molecule is C[C@H]1C[NH+](CC(=O)Nc2ncc(Cl)cc2Cl)C[C@H](C)O1. The lowest BCUT2D eigenvalue weighted by atomic mass is 10.2. The summed E-state index contributed by atoms with van der Waals surface area (Å²) < 4.78 is 5.65. The summed E-state index contributed by atoms with van der Waals surface area (Å²) in [4.78, 5) is 17.2. The summed E-state index contributed by atoms with van der Waals surface area (Å²) in [5, 5.41) is 3.49. The fourth-order valence-corrected chi connectivity index (χ4v) is 2.87. The molecule has 7 heteroatoms. The summed E-state index contributed by atoms with van der Waals surface area (Å²) in [6, 6.07) is 1.55. The van der Waals surface area contributed by atoms with Crippen LogP contribution in [-0.4, -0.2) is 42.7 Å². The molecule has 110 valence electrons. The Morgan fingerprint density at radius 2 is 2.10 bits per heavy atom. The number of carbonyl (C=O) groups excluding carboxylic acids is 1. The van der Waals surface area contributed by atoms with Gasteiger partial charge in [-0.25, -0.2) is 4.98 Å². The number of hydrogen-bond acceptors (Lipinski definition) is 3. The zero-order valence-corrected chi connectivity index (χ0v) is 13.0. The highest BCUT2D eigenvalue weighted by molar-refractivity contribution is 6.36. The molecule has 5 nitrogen and oxygen atoms in total. The lowest BCUT2D eigenvalue weighted by molar-refractivity contribution is -0.907. The van der Waals surface area contributed by atoms with Crippen LogP contribution in [0.3, 0.4) is 0 Å². The molecule has 1 aromatic rings. The van der Waals surface area contributed by atoms with Crippen molar-refractivity contribution in [2.24, 2.45) is 0 Å². The molecule has 2 rings (SSSR count). The van der Waals surface area contributed by atoms with E-state index in [1.165, 1.54) is 11.1 Å². The maximum atomic E-state index is 12.0. The Hall–Kier alpha value is -0.880. The molecule has 0 unspecified atom stereocenters. The van der Waals surface area contributed by atoms with Crippen molar-refractivity contribution in [3.05, 3.63) is 22.3 Å². The summed E-state index contributed by atoms with van der Waals surface area (Å²) >= 11 is 11.7. The monoisotopic (exact) mass is 318 g/mol. The van der Waals surface area contributed by atoms with Gasteiger partial charge in [-0.1, -0.05) is 23.2 Å². The molecule has 20 heavy (non-hydrogen) atoms. The number of quaternary nitrogens is 1. The van der Waals surface area contributed by atoms with Crippen LogP contribution in [0.2, 0.25) is 10.0 Å². The van der Waals surface area contributed by atoms with Gasteiger partial charge in [-0.2, -0.15) is 0 Å². The van der Waals surface area contributed by atoms with Crippen LogP contribution in [0, 0.1) is 0 Å². The van der Waals surface area contributed by atoms with Gasteiger partial charge >= 0.3 is 0 Å². The predicted octanol–water partition coefficient (Wildman–Crippen LogP) is 1.02. The number of hydrogen-bond donors (Lipinski definition) is 2. The number of rotatable bonds is 3. The molecule has 0 radical (unpaired) electrons. The molecular formula is C13H18Cl2N3O2+. The zero-order valence-electron chi connectivity index (χ0n) is 11.5. The molecule has 1 aliphatic rings. The van der Waals surface area contributed by atoms with Crippen LogP contribution in [0.25, 0.3) is 0 Å². The number of morpholine rings is 1. The van der Waals surface area contributed by atoms with E-state index in [0.717, 1.165) is 13.1 Å². The molecule has 1 aliphatic heterocycles. The Morgan fingerprint density at radius 3 is 2.70 bits per heavy atom. The van der Waals surface area contributed by atoms with Crippen LogP contribution in [-0.2, 0) is 9.53 Å². The van der Waals surface area contributed by atoms with E-state index in [2.05, 4.69) is 10.3 Å². The van der Waals surface area contributed by atoms with Crippen LogP contribution in [0.1, 0.15) is 13.8 Å². The number of ether oxygens (including phenoxy) is 1. The summed E-state index contributed by atoms with van der Waals surface area (Å²) in [6.07, 6.45) is 1.78. The number of anilines is 1. The third kappa shape index (κ3) is 4.31. The van der Waals surface area contributed by atoms with Gasteiger partial charge in [0, 0.05) is 6.20 Å². The van der Waals surface area contributed by atoms with Crippen molar-refractivity contribution in [2.75, 3.05) is 25.0 Å². The van der Waals surface area contributed by atoms with E-state index in [-0.39, 0.29) is 18.1 Å². The Morgan fingerprint density at radius 1 is 1.45 bits per heavy atom. The molecule has 1 fully saturated rings. The molecule has 1 amide bonds. The highest BCUT2D eigenvalue weighted by Crippen LogP contribution is 2.22. The smallest absolute Gasteiger partial charge is 0.280 e. The van der Waals surface area contributed by atoms with Gasteiger partial charge in [-0.3, -0.25) is 4.79 Å². The minimum absolute atomic E-state index is 0.113. The van der Waals surface area contributed by atoms with Crippen molar-refractivity contribution in [2.45, 2.75) is 26.1 Å². The standard InChI is InChI=1S/C13H17Cl2N3O2/c1-8-5-18(6-9(2)20-8)7-12(19)17-13-11(15)3-10(14)4-16-13/h3-4,8-9H,5-7H2,1-2H3,(H,16,17,19)/p+1/t8-,9-/m0/s1. The second-order valence-corrected chi connectivity index (χ2v) is 5.97. The number of nitrogens with zero attached hydrogens (tertiary/aromatic N) is 1. The molecule has 1 saturated heterocycles. The minimum atomic E-state index is -0.113. The van der Waals surface area contributed by atoms with E-state index >= 15 is 0 Å². The number of carbonyl (C=O) groups is 1. The quantitative estimate of drug-likeness (QED) is 0.875. The van der Waals surface area contributed by atoms with Crippen LogP contribution < -0.4 is 10.2 Å². The first-order chi connectivity index (χ1) is 9.44. The summed E-state index contributed by atoms with van der Waals surface area (Å²) in [5.74, 6) is 0.229. The molecule has 0 bridgehead atoms. The van der Waals surface area contributed by atoms with E-state index in [9.17, 15) is 4.79 Å². The predicted molar refractivity (Wildman–Crippen MR) is 78.5 cm³/mol. The van der Waals surface area contributed by atoms with E-state index in [4.69, 9.17) is 27.9 Å². The van der Waals surface area contributed by atoms with E-state index in [1.807, 2.05) is 13.8 Å². The largest absolute Gasteiger partial charge is 0.364 e. The molecule has 1 aromatic heterocycles. The van der Waals surface area contributed by atoms with Gasteiger partial charge in [0.1, 0.15) is 25.3 Å². The van der Waals surface area contributed by atoms with Crippen molar-refractivity contribution >= 4 is 34.9 Å². The highest BCUT2D eigenvalue weighted by Gasteiger charge is 2.27. The first-order valence-electron chi connectivity index (χ1n) is 6.54. The number of amides is 1. The maximum absolute atomic E-state index is 12.0. The van der Waals surface area contributed by atoms with Gasteiger partial charge in [0.15, 0.2) is 12.4 Å². The molecule has 2 heterocycles. The molecule has 0 aliphatic carbocycles. The molecule has 0 aromatic carbocycles. The van der Waals surface area contributed by atoms with Crippen LogP contribution in [0.4, 0.5) is 5.82 Å². The first kappa shape index (κ1) is 15.5. The number of halogens is 2. The molecule has 0 saturated carbocycles. The Kier molecular flexibility index (Phi) is 5.21. The number of aromatic nitrogens is 1. The van der Waals surface area contributed by atoms with Crippen molar-refractivity contribution in [3.63, 3.8) is 0 Å². The van der Waals surface area contributed by atoms with Crippen LogP contribution >= 0.6 is 23.2 Å². The van der Waals surface area contributed by atoms with E-state index in [1.54, 1.807) is 6.07 Å². The molecule has 2 atom stereocenters. The average Bonchev–Trinajstić information content (AvgIpc) is 2.31. The fraction of sp³-hybridized carbons (Fsp3) is 0.538. The molecule has 2 N–H and O–H groups in total. The van der Waals surface area contributed by atoms with Gasteiger partial charge in [-0.05, 0) is 19.9 Å². The third-order valence-corrected chi connectivity index (χ3v) is 3.59. The summed E-state index contributed by atoms with van der Waals surface area (Å²) in [6.45, 7) is 6.05. The van der Waals surface area contributed by atoms with Gasteiger partial charge in [0.05, 0.1) is 10.0 Å².